The summed E-state index contributed by atoms with van der Waals surface area (Å²) in [6.07, 6.45) is 0. The highest BCUT2D eigenvalue weighted by molar-refractivity contribution is 9.11. The lowest BCUT2D eigenvalue weighted by atomic mass is 10.1. The molecule has 5 nitrogen and oxygen atoms in total. The van der Waals surface area contributed by atoms with Crippen molar-refractivity contribution < 1.29 is 9.72 Å². The molecule has 0 radical (unpaired) electrons. The molecule has 19 heavy (non-hydrogen) atoms. The third kappa shape index (κ3) is 2.99. The number of aromatic nitrogens is 1. The average molecular weight is 362 g/mol. The molecule has 0 amide bonds. The number of hydrogen-bond donors (Lipinski definition) is 0. The van der Waals surface area contributed by atoms with E-state index in [2.05, 4.69) is 20.9 Å². The van der Waals surface area contributed by atoms with E-state index < -0.39 is 16.1 Å². The van der Waals surface area contributed by atoms with Crippen molar-refractivity contribution in [2.24, 2.45) is 0 Å². The van der Waals surface area contributed by atoms with Gasteiger partial charge in [0, 0.05) is 5.56 Å². The van der Waals surface area contributed by atoms with Gasteiger partial charge in [0.1, 0.15) is 5.38 Å². The van der Waals surface area contributed by atoms with Gasteiger partial charge in [-0.1, -0.05) is 30.3 Å². The van der Waals surface area contributed by atoms with Crippen molar-refractivity contribution in [2.45, 2.75) is 5.38 Å². The maximum atomic E-state index is 12.1. The van der Waals surface area contributed by atoms with Crippen LogP contribution < -0.4 is 0 Å². The van der Waals surface area contributed by atoms with Crippen molar-refractivity contribution in [1.82, 2.24) is 4.98 Å². The molecule has 0 N–H and O–H groups in total. The molecule has 0 aliphatic carbocycles. The molecule has 2 rings (SSSR count). The van der Waals surface area contributed by atoms with E-state index in [0.717, 1.165) is 11.3 Å². The molecule has 0 saturated carbocycles. The van der Waals surface area contributed by atoms with E-state index in [1.165, 1.54) is 0 Å². The Morgan fingerprint density at radius 1 is 1.42 bits per heavy atom. The van der Waals surface area contributed by atoms with Crippen molar-refractivity contribution in [1.29, 1.82) is 0 Å². The predicted octanol–water partition coefficient (Wildman–Crippen LogP) is 3.98. The predicted molar refractivity (Wildman–Crippen MR) is 75.8 cm³/mol. The minimum Gasteiger partial charge on any atom is -0.292 e. The van der Waals surface area contributed by atoms with Crippen LogP contribution in [0.15, 0.2) is 34.2 Å². The summed E-state index contributed by atoms with van der Waals surface area (Å²) in [5.41, 5.74) is 0.360. The van der Waals surface area contributed by atoms with Crippen molar-refractivity contribution >= 4 is 49.7 Å². The summed E-state index contributed by atoms with van der Waals surface area (Å²) in [6, 6.07) is 8.36. The van der Waals surface area contributed by atoms with Crippen molar-refractivity contribution in [3.8, 4) is 0 Å². The zero-order valence-corrected chi connectivity index (χ0v) is 12.4. The molecule has 1 aromatic heterocycles. The highest BCUT2D eigenvalue weighted by Gasteiger charge is 2.31. The van der Waals surface area contributed by atoms with E-state index in [-0.39, 0.29) is 10.7 Å². The summed E-state index contributed by atoms with van der Waals surface area (Å²) in [7, 11) is 0. The van der Waals surface area contributed by atoms with Crippen LogP contribution in [0.3, 0.4) is 0 Å². The Morgan fingerprint density at radius 2 is 2.05 bits per heavy atom. The van der Waals surface area contributed by atoms with E-state index in [9.17, 15) is 14.9 Å². The maximum absolute atomic E-state index is 12.1. The lowest BCUT2D eigenvalue weighted by Crippen LogP contribution is -2.09. The van der Waals surface area contributed by atoms with Gasteiger partial charge in [0.15, 0.2) is 15.4 Å². The second-order valence-electron chi connectivity index (χ2n) is 3.51. The van der Waals surface area contributed by atoms with Gasteiger partial charge >= 0.3 is 5.00 Å². The van der Waals surface area contributed by atoms with Gasteiger partial charge in [0.25, 0.3) is 0 Å². The first-order valence-corrected chi connectivity index (χ1v) is 7.09. The van der Waals surface area contributed by atoms with E-state index in [1.807, 2.05) is 0 Å². The van der Waals surface area contributed by atoms with Crippen LogP contribution in [0.1, 0.15) is 21.4 Å². The monoisotopic (exact) mass is 360 g/mol. The Bertz CT molecular complexity index is 632. The van der Waals surface area contributed by atoms with Crippen molar-refractivity contribution in [2.75, 3.05) is 0 Å². The first-order valence-electron chi connectivity index (χ1n) is 5.04. The van der Waals surface area contributed by atoms with E-state index in [1.54, 1.807) is 30.3 Å². The number of carbonyl (C=O) groups is 1. The Balaban J connectivity index is 2.37. The highest BCUT2D eigenvalue weighted by Crippen LogP contribution is 2.37. The van der Waals surface area contributed by atoms with Gasteiger partial charge in [-0.2, -0.15) is 0 Å². The molecule has 0 spiro atoms. The molecule has 1 aromatic carbocycles. The lowest BCUT2D eigenvalue weighted by Gasteiger charge is -2.05. The fourth-order valence-electron chi connectivity index (χ4n) is 1.47. The third-order valence-electron chi connectivity index (χ3n) is 2.30. The van der Waals surface area contributed by atoms with Gasteiger partial charge in [-0.15, -0.1) is 11.6 Å². The number of nitro groups is 1. The van der Waals surface area contributed by atoms with Crippen LogP contribution in [0.5, 0.6) is 0 Å². The molecule has 98 valence electrons. The second kappa shape index (κ2) is 5.77. The average Bonchev–Trinajstić information content (AvgIpc) is 2.80. The SMILES string of the molecule is O=C(c1ccccc1)C(Cl)c1nc(Br)sc1[N+](=O)[O-]. The molecule has 1 unspecified atom stereocenters. The Morgan fingerprint density at radius 3 is 2.63 bits per heavy atom. The molecular weight excluding hydrogens is 356 g/mol. The van der Waals surface area contributed by atoms with Crippen molar-refractivity contribution in [3.63, 3.8) is 0 Å². The zero-order chi connectivity index (χ0) is 14.0. The highest BCUT2D eigenvalue weighted by atomic mass is 79.9. The lowest BCUT2D eigenvalue weighted by molar-refractivity contribution is -0.381. The summed E-state index contributed by atoms with van der Waals surface area (Å²) < 4.78 is 0.320. The van der Waals surface area contributed by atoms with Gasteiger partial charge in [-0.3, -0.25) is 14.9 Å². The number of alkyl halides is 1. The standard InChI is InChI=1S/C11H6BrClN2O3S/c12-11-14-8(10(19-11)15(17)18)7(13)9(16)6-4-2-1-3-5-6/h1-5,7H. The summed E-state index contributed by atoms with van der Waals surface area (Å²) in [6.45, 7) is 0. The van der Waals surface area contributed by atoms with Crippen LogP contribution in [0.4, 0.5) is 5.00 Å². The van der Waals surface area contributed by atoms with Crippen LogP contribution in [0, 0.1) is 10.1 Å². The quantitative estimate of drug-likeness (QED) is 0.357. The minimum atomic E-state index is -1.18. The summed E-state index contributed by atoms with van der Waals surface area (Å²) >= 11 is 9.91. The van der Waals surface area contributed by atoms with Crippen LogP contribution in [0.2, 0.25) is 0 Å². The normalized spacial score (nSPS) is 12.1. The number of halogens is 2. The van der Waals surface area contributed by atoms with Crippen LogP contribution in [0.25, 0.3) is 0 Å². The molecule has 0 aliphatic rings. The number of rotatable bonds is 4. The smallest absolute Gasteiger partial charge is 0.292 e. The molecule has 1 atom stereocenters. The molecule has 0 aliphatic heterocycles. The molecular formula is C11H6BrClN2O3S. The number of ketones is 1. The molecule has 2 aromatic rings. The number of nitrogens with zero attached hydrogens (tertiary/aromatic N) is 2. The Labute approximate surface area is 125 Å². The van der Waals surface area contributed by atoms with Crippen LogP contribution >= 0.6 is 38.9 Å². The Hall–Kier alpha value is -1.31. The molecule has 0 bridgehead atoms. The summed E-state index contributed by atoms with van der Waals surface area (Å²) in [5, 5.41) is 9.48. The molecule has 8 heteroatoms. The van der Waals surface area contributed by atoms with Gasteiger partial charge in [-0.25, -0.2) is 4.98 Å². The largest absolute Gasteiger partial charge is 0.350 e. The zero-order valence-electron chi connectivity index (χ0n) is 9.25. The first-order chi connectivity index (χ1) is 9.00. The fourth-order valence-corrected chi connectivity index (χ4v) is 3.11. The van der Waals surface area contributed by atoms with Crippen LogP contribution in [-0.4, -0.2) is 15.7 Å². The van der Waals surface area contributed by atoms with Gasteiger partial charge < -0.3 is 0 Å². The third-order valence-corrected chi connectivity index (χ3v) is 4.18. The van der Waals surface area contributed by atoms with E-state index in [0.29, 0.717) is 9.48 Å². The van der Waals surface area contributed by atoms with E-state index >= 15 is 0 Å². The number of Topliss-reactive ketones (excluding diaryl/α,β-unsaturated/α-hetero) is 1. The van der Waals surface area contributed by atoms with Gasteiger partial charge in [0.05, 0.1) is 4.92 Å². The summed E-state index contributed by atoms with van der Waals surface area (Å²) in [5.74, 6) is -0.414. The molecule has 0 fully saturated rings. The molecule has 1 heterocycles. The number of carbonyl (C=O) groups excluding carboxylic acids is 1. The number of benzene rings is 1. The van der Waals surface area contributed by atoms with Gasteiger partial charge in [0.2, 0.25) is 0 Å². The topological polar surface area (TPSA) is 73.1 Å². The first kappa shape index (κ1) is 14.1. The maximum Gasteiger partial charge on any atom is 0.350 e. The number of hydrogen-bond acceptors (Lipinski definition) is 5. The second-order valence-corrected chi connectivity index (χ2v) is 6.20. The number of thiazole rings is 1. The van der Waals surface area contributed by atoms with Crippen LogP contribution in [-0.2, 0) is 0 Å². The van der Waals surface area contributed by atoms with Gasteiger partial charge in [-0.05, 0) is 27.3 Å². The molecule has 0 saturated heterocycles. The Kier molecular flexibility index (Phi) is 4.28. The van der Waals surface area contributed by atoms with E-state index in [4.69, 9.17) is 11.6 Å². The van der Waals surface area contributed by atoms with Crippen molar-refractivity contribution in [3.05, 3.63) is 55.6 Å². The summed E-state index contributed by atoms with van der Waals surface area (Å²) in [4.78, 5) is 26.3. The minimum absolute atomic E-state index is 0.0302. The fraction of sp³-hybridized carbons (Fsp3) is 0.0909.